The zero-order chi connectivity index (χ0) is 17.8. The third-order valence-corrected chi connectivity index (χ3v) is 4.56. The number of esters is 1. The highest BCUT2D eigenvalue weighted by Crippen LogP contribution is 2.21. The zero-order valence-corrected chi connectivity index (χ0v) is 14.7. The smallest absolute Gasteiger partial charge is 0.338 e. The molecule has 3 rings (SSSR count). The van der Waals surface area contributed by atoms with Crippen molar-refractivity contribution in [2.24, 2.45) is 0 Å². The van der Waals surface area contributed by atoms with E-state index in [0.29, 0.717) is 11.1 Å². The van der Waals surface area contributed by atoms with Gasteiger partial charge in [0.2, 0.25) is 5.78 Å². The van der Waals surface area contributed by atoms with E-state index < -0.39 is 12.1 Å². The molecule has 2 aromatic carbocycles. The number of ether oxygens (including phenoxy) is 1. The van der Waals surface area contributed by atoms with Crippen LogP contribution >= 0.6 is 0 Å². The summed E-state index contributed by atoms with van der Waals surface area (Å²) in [6.07, 6.45) is 1.61. The maximum absolute atomic E-state index is 12.4. The Balaban J connectivity index is 1.62. The van der Waals surface area contributed by atoms with Gasteiger partial charge in [-0.2, -0.15) is 0 Å². The molecule has 2 aromatic rings. The van der Waals surface area contributed by atoms with Crippen LogP contribution in [0.5, 0.6) is 0 Å². The van der Waals surface area contributed by atoms with Crippen LogP contribution in [0, 0.1) is 6.92 Å². The fourth-order valence-electron chi connectivity index (χ4n) is 3.02. The molecule has 0 spiro atoms. The van der Waals surface area contributed by atoms with Crippen LogP contribution in [-0.4, -0.2) is 30.9 Å². The fourth-order valence-corrected chi connectivity index (χ4v) is 3.02. The molecule has 4 nitrogen and oxygen atoms in total. The monoisotopic (exact) mass is 337 g/mol. The minimum absolute atomic E-state index is 0.193. The molecule has 4 heteroatoms. The predicted molar refractivity (Wildman–Crippen MR) is 98.3 cm³/mol. The van der Waals surface area contributed by atoms with Crippen LogP contribution in [-0.2, 0) is 4.74 Å². The van der Waals surface area contributed by atoms with Gasteiger partial charge in [-0.25, -0.2) is 4.79 Å². The van der Waals surface area contributed by atoms with Gasteiger partial charge in [0.1, 0.15) is 0 Å². The summed E-state index contributed by atoms with van der Waals surface area (Å²) in [6.45, 7) is 5.69. The molecule has 0 saturated carbocycles. The van der Waals surface area contributed by atoms with E-state index in [4.69, 9.17) is 4.74 Å². The van der Waals surface area contributed by atoms with E-state index in [1.54, 1.807) is 31.2 Å². The Labute approximate surface area is 148 Å². The third kappa shape index (κ3) is 4.08. The first-order chi connectivity index (χ1) is 12.0. The predicted octanol–water partition coefficient (Wildman–Crippen LogP) is 4.02. The van der Waals surface area contributed by atoms with E-state index in [9.17, 15) is 9.59 Å². The Hall–Kier alpha value is -2.62. The lowest BCUT2D eigenvalue weighted by atomic mass is 10.1. The molecule has 130 valence electrons. The Kier molecular flexibility index (Phi) is 5.17. The summed E-state index contributed by atoms with van der Waals surface area (Å²) < 4.78 is 5.35. The summed E-state index contributed by atoms with van der Waals surface area (Å²) in [5, 5.41) is 0. The number of anilines is 1. The summed E-state index contributed by atoms with van der Waals surface area (Å²) in [5.74, 6) is -0.664. The first-order valence-electron chi connectivity index (χ1n) is 8.71. The molecule has 1 aliphatic heterocycles. The van der Waals surface area contributed by atoms with Crippen LogP contribution in [0.15, 0.2) is 48.5 Å². The highest BCUT2D eigenvalue weighted by atomic mass is 16.5. The van der Waals surface area contributed by atoms with Crippen LogP contribution in [0.3, 0.4) is 0 Å². The second kappa shape index (κ2) is 7.51. The summed E-state index contributed by atoms with van der Waals surface area (Å²) in [7, 11) is 0. The standard InChI is InChI=1S/C21H23NO3/c1-15-5-7-17(8-6-15)20(23)16(2)25-21(24)18-9-11-19(12-10-18)22-13-3-4-14-22/h5-12,16H,3-4,13-14H2,1-2H3. The quantitative estimate of drug-likeness (QED) is 0.610. The Morgan fingerprint density at radius 2 is 1.48 bits per heavy atom. The highest BCUT2D eigenvalue weighted by Gasteiger charge is 2.20. The normalized spacial score (nSPS) is 15.0. The minimum Gasteiger partial charge on any atom is -0.451 e. The van der Waals surface area contributed by atoms with Gasteiger partial charge >= 0.3 is 5.97 Å². The maximum Gasteiger partial charge on any atom is 0.338 e. The van der Waals surface area contributed by atoms with Crippen molar-refractivity contribution in [2.45, 2.75) is 32.8 Å². The molecule has 0 amide bonds. The summed E-state index contributed by atoms with van der Waals surface area (Å²) in [6, 6.07) is 14.7. The van der Waals surface area contributed by atoms with E-state index in [-0.39, 0.29) is 5.78 Å². The SMILES string of the molecule is Cc1ccc(C(=O)C(C)OC(=O)c2ccc(N3CCCC3)cc2)cc1. The molecule has 1 atom stereocenters. The number of rotatable bonds is 5. The molecule has 1 fully saturated rings. The second-order valence-corrected chi connectivity index (χ2v) is 6.52. The molecule has 1 unspecified atom stereocenters. The molecule has 0 aromatic heterocycles. The average molecular weight is 337 g/mol. The second-order valence-electron chi connectivity index (χ2n) is 6.52. The van der Waals surface area contributed by atoms with Crippen molar-refractivity contribution in [1.82, 2.24) is 0 Å². The van der Waals surface area contributed by atoms with Crippen LogP contribution in [0.25, 0.3) is 0 Å². The van der Waals surface area contributed by atoms with Gasteiger partial charge in [-0.1, -0.05) is 29.8 Å². The molecular weight excluding hydrogens is 314 g/mol. The van der Waals surface area contributed by atoms with E-state index in [1.807, 2.05) is 31.2 Å². The summed E-state index contributed by atoms with van der Waals surface area (Å²) in [5.41, 5.74) is 3.22. The van der Waals surface area contributed by atoms with Crippen LogP contribution in [0.1, 0.15) is 46.0 Å². The van der Waals surface area contributed by atoms with Crippen LogP contribution in [0.4, 0.5) is 5.69 Å². The maximum atomic E-state index is 12.4. The fraction of sp³-hybridized carbons (Fsp3) is 0.333. The van der Waals surface area contributed by atoms with Gasteiger partial charge in [0.05, 0.1) is 5.56 Å². The van der Waals surface area contributed by atoms with Gasteiger partial charge in [0.15, 0.2) is 6.10 Å². The number of hydrogen-bond acceptors (Lipinski definition) is 4. The molecule has 0 aliphatic carbocycles. The van der Waals surface area contributed by atoms with Crippen molar-refractivity contribution in [3.8, 4) is 0 Å². The van der Waals surface area contributed by atoms with Crippen molar-refractivity contribution in [3.05, 3.63) is 65.2 Å². The number of aryl methyl sites for hydroxylation is 1. The van der Waals surface area contributed by atoms with Gasteiger partial charge in [-0.05, 0) is 51.0 Å². The van der Waals surface area contributed by atoms with Gasteiger partial charge in [-0.15, -0.1) is 0 Å². The molecule has 1 heterocycles. The van der Waals surface area contributed by atoms with Gasteiger partial charge in [-0.3, -0.25) is 4.79 Å². The zero-order valence-electron chi connectivity index (χ0n) is 14.7. The van der Waals surface area contributed by atoms with Crippen molar-refractivity contribution in [1.29, 1.82) is 0 Å². The lowest BCUT2D eigenvalue weighted by Crippen LogP contribution is -2.24. The molecular formula is C21H23NO3. The number of hydrogen-bond donors (Lipinski definition) is 0. The lowest BCUT2D eigenvalue weighted by Gasteiger charge is -2.18. The van der Waals surface area contributed by atoms with E-state index in [0.717, 1.165) is 24.3 Å². The van der Waals surface area contributed by atoms with Crippen LogP contribution < -0.4 is 4.90 Å². The first kappa shape index (κ1) is 17.2. The van der Waals surface area contributed by atoms with Gasteiger partial charge in [0.25, 0.3) is 0 Å². The van der Waals surface area contributed by atoms with E-state index in [2.05, 4.69) is 4.90 Å². The van der Waals surface area contributed by atoms with Crippen molar-refractivity contribution >= 4 is 17.4 Å². The molecule has 0 radical (unpaired) electrons. The summed E-state index contributed by atoms with van der Waals surface area (Å²) in [4.78, 5) is 27.0. The van der Waals surface area contributed by atoms with Crippen molar-refractivity contribution in [3.63, 3.8) is 0 Å². The van der Waals surface area contributed by atoms with E-state index >= 15 is 0 Å². The Morgan fingerprint density at radius 1 is 0.920 bits per heavy atom. The Morgan fingerprint density at radius 3 is 2.08 bits per heavy atom. The first-order valence-corrected chi connectivity index (χ1v) is 8.71. The van der Waals surface area contributed by atoms with Gasteiger partial charge < -0.3 is 9.64 Å². The van der Waals surface area contributed by atoms with Crippen molar-refractivity contribution in [2.75, 3.05) is 18.0 Å². The molecule has 1 aliphatic rings. The highest BCUT2D eigenvalue weighted by molar-refractivity contribution is 6.01. The van der Waals surface area contributed by atoms with Crippen molar-refractivity contribution < 1.29 is 14.3 Å². The number of carbonyl (C=O) groups excluding carboxylic acids is 2. The summed E-state index contributed by atoms with van der Waals surface area (Å²) >= 11 is 0. The Bertz CT molecular complexity index is 744. The molecule has 1 saturated heterocycles. The lowest BCUT2D eigenvalue weighted by molar-refractivity contribution is 0.0319. The van der Waals surface area contributed by atoms with Gasteiger partial charge in [0, 0.05) is 24.3 Å². The molecule has 0 N–H and O–H groups in total. The molecule has 25 heavy (non-hydrogen) atoms. The van der Waals surface area contributed by atoms with Crippen LogP contribution in [0.2, 0.25) is 0 Å². The third-order valence-electron chi connectivity index (χ3n) is 4.56. The largest absolute Gasteiger partial charge is 0.451 e. The molecule has 0 bridgehead atoms. The number of ketones is 1. The number of carbonyl (C=O) groups is 2. The van der Waals surface area contributed by atoms with E-state index in [1.165, 1.54) is 12.8 Å². The number of Topliss-reactive ketones (excluding diaryl/α,β-unsaturated/α-hetero) is 1. The average Bonchev–Trinajstić information content (AvgIpc) is 3.16. The number of benzene rings is 2. The minimum atomic E-state index is -0.812. The number of nitrogens with zero attached hydrogens (tertiary/aromatic N) is 1. The topological polar surface area (TPSA) is 46.6 Å².